The Hall–Kier alpha value is -2.52. The van der Waals surface area contributed by atoms with Gasteiger partial charge in [-0.25, -0.2) is 4.79 Å². The molecule has 1 aromatic heterocycles. The van der Waals surface area contributed by atoms with E-state index in [-0.39, 0.29) is 16.4 Å². The van der Waals surface area contributed by atoms with Gasteiger partial charge < -0.3 is 8.60 Å². The van der Waals surface area contributed by atoms with Crippen LogP contribution in [0, 0.1) is 6.92 Å². The number of hydrogen-bond donors (Lipinski definition) is 0. The van der Waals surface area contributed by atoms with Gasteiger partial charge in [0, 0.05) is 22.5 Å². The van der Waals surface area contributed by atoms with Crippen molar-refractivity contribution in [3.8, 4) is 5.75 Å². The number of aryl methyl sites for hydroxylation is 1. The van der Waals surface area contributed by atoms with Gasteiger partial charge in [0.25, 0.3) is 0 Å². The van der Waals surface area contributed by atoms with Crippen LogP contribution in [0.15, 0.2) is 56.6 Å². The maximum absolute atomic E-state index is 13.2. The van der Waals surface area contributed by atoms with E-state index >= 15 is 0 Å². The Kier molecular flexibility index (Phi) is 4.69. The highest BCUT2D eigenvalue weighted by Gasteiger charge is 2.38. The monoisotopic (exact) mass is 418 g/mol. The summed E-state index contributed by atoms with van der Waals surface area (Å²) in [6.45, 7) is 1.65. The third kappa shape index (κ3) is 3.93. The summed E-state index contributed by atoms with van der Waals surface area (Å²) in [6.07, 6.45) is -4.95. The maximum atomic E-state index is 13.2. The minimum absolute atomic E-state index is 0.0415. The minimum Gasteiger partial charge on any atom is -0.423 e. The van der Waals surface area contributed by atoms with Gasteiger partial charge in [0.15, 0.2) is 0 Å². The highest BCUT2D eigenvalue weighted by Crippen LogP contribution is 2.37. The van der Waals surface area contributed by atoms with Crippen LogP contribution in [0.4, 0.5) is 13.2 Å². The molecule has 0 aliphatic heterocycles. The molecule has 0 unspecified atom stereocenters. The molecule has 1 heterocycles. The Balaban J connectivity index is 2.08. The summed E-state index contributed by atoms with van der Waals surface area (Å²) in [6, 6.07) is 7.27. The summed E-state index contributed by atoms with van der Waals surface area (Å²) in [5.74, 6) is -0.306. The van der Waals surface area contributed by atoms with Crippen LogP contribution in [-0.2, 0) is 16.3 Å². The third-order valence-electron chi connectivity index (χ3n) is 3.65. The molecule has 5 nitrogen and oxygen atoms in total. The van der Waals surface area contributed by atoms with Crippen molar-refractivity contribution in [3.63, 3.8) is 0 Å². The van der Waals surface area contributed by atoms with E-state index in [1.54, 1.807) is 6.92 Å². The van der Waals surface area contributed by atoms with Crippen molar-refractivity contribution in [2.45, 2.75) is 18.0 Å². The standard InChI is InChI=1S/C17H10ClF3O5S/c1-9-6-16(22)25-14-8-11(3-4-12(9)14)26-27(23,24)15-5-2-10(18)7-13(15)17(19,20)21/h2-8H,1H3. The van der Waals surface area contributed by atoms with Gasteiger partial charge in [-0.3, -0.25) is 0 Å². The van der Waals surface area contributed by atoms with Gasteiger partial charge in [-0.05, 0) is 42.8 Å². The fourth-order valence-electron chi connectivity index (χ4n) is 2.47. The van der Waals surface area contributed by atoms with Crippen molar-refractivity contribution >= 4 is 32.7 Å². The Labute approximate surface area is 156 Å². The lowest BCUT2D eigenvalue weighted by Crippen LogP contribution is -2.17. The van der Waals surface area contributed by atoms with Crippen molar-refractivity contribution < 1.29 is 30.2 Å². The van der Waals surface area contributed by atoms with E-state index in [0.717, 1.165) is 12.1 Å². The molecule has 0 N–H and O–H groups in total. The maximum Gasteiger partial charge on any atom is 0.417 e. The average molecular weight is 419 g/mol. The summed E-state index contributed by atoms with van der Waals surface area (Å²) < 4.78 is 74.1. The Morgan fingerprint density at radius 3 is 2.44 bits per heavy atom. The molecular formula is C17H10ClF3O5S. The molecule has 0 saturated heterocycles. The van der Waals surface area contributed by atoms with Crippen LogP contribution in [0.3, 0.4) is 0 Å². The molecule has 0 aliphatic rings. The first-order valence-corrected chi connectivity index (χ1v) is 9.12. The lowest BCUT2D eigenvalue weighted by atomic mass is 10.1. The molecule has 0 radical (unpaired) electrons. The molecular weight excluding hydrogens is 409 g/mol. The van der Waals surface area contributed by atoms with E-state index in [2.05, 4.69) is 0 Å². The van der Waals surface area contributed by atoms with Crippen molar-refractivity contribution in [2.75, 3.05) is 0 Å². The lowest BCUT2D eigenvalue weighted by molar-refractivity contribution is -0.139. The number of hydrogen-bond acceptors (Lipinski definition) is 5. The normalized spacial score (nSPS) is 12.3. The van der Waals surface area contributed by atoms with Gasteiger partial charge in [0.05, 0.1) is 5.56 Å². The van der Waals surface area contributed by atoms with Crippen LogP contribution < -0.4 is 9.81 Å². The van der Waals surface area contributed by atoms with Gasteiger partial charge >= 0.3 is 21.9 Å². The van der Waals surface area contributed by atoms with Crippen LogP contribution in [0.5, 0.6) is 5.75 Å². The van der Waals surface area contributed by atoms with Crippen LogP contribution in [0.25, 0.3) is 11.0 Å². The number of alkyl halides is 3. The summed E-state index contributed by atoms with van der Waals surface area (Å²) >= 11 is 5.55. The van der Waals surface area contributed by atoms with Crippen LogP contribution in [0.2, 0.25) is 5.02 Å². The average Bonchev–Trinajstić information content (AvgIpc) is 2.52. The number of benzene rings is 2. The Morgan fingerprint density at radius 2 is 1.78 bits per heavy atom. The molecule has 0 atom stereocenters. The predicted octanol–water partition coefficient (Wildman–Crippen LogP) is 4.54. The summed E-state index contributed by atoms with van der Waals surface area (Å²) in [5.41, 5.74) is -1.47. The highest BCUT2D eigenvalue weighted by molar-refractivity contribution is 7.87. The molecule has 27 heavy (non-hydrogen) atoms. The van der Waals surface area contributed by atoms with Crippen molar-refractivity contribution in [1.82, 2.24) is 0 Å². The minimum atomic E-state index is -4.95. The first kappa shape index (κ1) is 19.2. The van der Waals surface area contributed by atoms with Gasteiger partial charge in [-0.1, -0.05) is 11.6 Å². The van der Waals surface area contributed by atoms with Crippen LogP contribution >= 0.6 is 11.6 Å². The molecule has 2 aromatic carbocycles. The van der Waals surface area contributed by atoms with E-state index in [9.17, 15) is 26.4 Å². The van der Waals surface area contributed by atoms with Gasteiger partial charge in [-0.15, -0.1) is 0 Å². The fourth-order valence-corrected chi connectivity index (χ4v) is 3.77. The Bertz CT molecular complexity index is 1200. The lowest BCUT2D eigenvalue weighted by Gasteiger charge is -2.14. The number of fused-ring (bicyclic) bond motifs is 1. The highest BCUT2D eigenvalue weighted by atomic mass is 35.5. The predicted molar refractivity (Wildman–Crippen MR) is 91.5 cm³/mol. The molecule has 3 rings (SSSR count). The molecule has 0 saturated carbocycles. The topological polar surface area (TPSA) is 73.6 Å². The van der Waals surface area contributed by atoms with Crippen molar-refractivity contribution in [2.24, 2.45) is 0 Å². The van der Waals surface area contributed by atoms with Crippen LogP contribution in [-0.4, -0.2) is 8.42 Å². The summed E-state index contributed by atoms with van der Waals surface area (Å²) in [4.78, 5) is 10.4. The second-order valence-corrected chi connectivity index (χ2v) is 7.53. The van der Waals surface area contributed by atoms with Gasteiger partial charge in [0.1, 0.15) is 16.2 Å². The Morgan fingerprint density at radius 1 is 1.07 bits per heavy atom. The van der Waals surface area contributed by atoms with E-state index < -0.39 is 32.4 Å². The molecule has 0 bridgehead atoms. The van der Waals surface area contributed by atoms with Crippen molar-refractivity contribution in [1.29, 1.82) is 0 Å². The van der Waals surface area contributed by atoms with E-state index in [1.165, 1.54) is 18.2 Å². The van der Waals surface area contributed by atoms with Crippen molar-refractivity contribution in [3.05, 3.63) is 69.0 Å². The zero-order valence-corrected chi connectivity index (χ0v) is 15.1. The van der Waals surface area contributed by atoms with Gasteiger partial charge in [-0.2, -0.15) is 21.6 Å². The van der Waals surface area contributed by atoms with E-state index in [4.69, 9.17) is 20.2 Å². The molecule has 0 aliphatic carbocycles. The van der Waals surface area contributed by atoms with E-state index in [1.807, 2.05) is 0 Å². The summed E-state index contributed by atoms with van der Waals surface area (Å²) in [5, 5.41) is 0.256. The molecule has 142 valence electrons. The fraction of sp³-hybridized carbons (Fsp3) is 0.118. The van der Waals surface area contributed by atoms with Crippen LogP contribution in [0.1, 0.15) is 11.1 Å². The molecule has 10 heteroatoms. The number of rotatable bonds is 3. The first-order valence-electron chi connectivity index (χ1n) is 7.33. The zero-order valence-electron chi connectivity index (χ0n) is 13.5. The van der Waals surface area contributed by atoms with E-state index in [0.29, 0.717) is 23.1 Å². The first-order chi connectivity index (χ1) is 12.5. The molecule has 0 spiro atoms. The van der Waals surface area contributed by atoms with Gasteiger partial charge in [0.2, 0.25) is 0 Å². The number of halogens is 4. The quantitative estimate of drug-likeness (QED) is 0.461. The summed E-state index contributed by atoms with van der Waals surface area (Å²) in [7, 11) is -4.83. The SMILES string of the molecule is Cc1cc(=O)oc2cc(OS(=O)(=O)c3ccc(Cl)cc3C(F)(F)F)ccc12. The molecule has 0 fully saturated rings. The third-order valence-corrected chi connectivity index (χ3v) is 5.19. The molecule has 0 amide bonds. The zero-order chi connectivity index (χ0) is 20.0. The smallest absolute Gasteiger partial charge is 0.417 e. The largest absolute Gasteiger partial charge is 0.423 e. The second kappa shape index (κ2) is 6.58. The second-order valence-electron chi connectivity index (χ2n) is 5.58. The molecule has 3 aromatic rings.